The zero-order valence-corrected chi connectivity index (χ0v) is 13.3. The van der Waals surface area contributed by atoms with Crippen molar-refractivity contribution in [2.24, 2.45) is 0 Å². The molecule has 0 radical (unpaired) electrons. The molecule has 3 nitrogen and oxygen atoms in total. The van der Waals surface area contributed by atoms with Crippen LogP contribution in [0.15, 0.2) is 46.4 Å². The molecule has 0 bridgehead atoms. The van der Waals surface area contributed by atoms with Crippen molar-refractivity contribution in [2.45, 2.75) is 0 Å². The summed E-state index contributed by atoms with van der Waals surface area (Å²) in [6.07, 6.45) is 1.63. The predicted molar refractivity (Wildman–Crippen MR) is 84.9 cm³/mol. The second kappa shape index (κ2) is 5.93. The van der Waals surface area contributed by atoms with Gasteiger partial charge in [0.2, 0.25) is 0 Å². The Morgan fingerprint density at radius 3 is 2.82 bits per heavy atom. The first kappa shape index (κ1) is 14.8. The van der Waals surface area contributed by atoms with E-state index in [1.54, 1.807) is 24.3 Å². The molecule has 0 N–H and O–H groups in total. The summed E-state index contributed by atoms with van der Waals surface area (Å²) in [5.74, 6) is 0.150. The van der Waals surface area contributed by atoms with Gasteiger partial charge in [0.1, 0.15) is 12.4 Å². The number of ketones is 1. The lowest BCUT2D eigenvalue weighted by molar-refractivity contribution is 0.100. The highest BCUT2D eigenvalue weighted by Crippen LogP contribution is 2.30. The number of halogens is 2. The van der Waals surface area contributed by atoms with Crippen LogP contribution >= 0.6 is 15.9 Å². The van der Waals surface area contributed by atoms with E-state index in [1.807, 2.05) is 6.07 Å². The normalized spacial score (nSPS) is 15.4. The molecule has 5 heteroatoms. The van der Waals surface area contributed by atoms with Gasteiger partial charge in [0.05, 0.1) is 12.7 Å². The van der Waals surface area contributed by atoms with E-state index in [0.29, 0.717) is 22.4 Å². The van der Waals surface area contributed by atoms with Crippen LogP contribution in [-0.2, 0) is 0 Å². The fourth-order valence-electron chi connectivity index (χ4n) is 2.28. The number of methoxy groups -OCH3 is 1. The Morgan fingerprint density at radius 2 is 2.09 bits per heavy atom. The van der Waals surface area contributed by atoms with Crippen molar-refractivity contribution >= 4 is 27.8 Å². The zero-order chi connectivity index (χ0) is 15.7. The monoisotopic (exact) mass is 362 g/mol. The Balaban J connectivity index is 1.96. The van der Waals surface area contributed by atoms with Crippen molar-refractivity contribution in [1.82, 2.24) is 0 Å². The highest BCUT2D eigenvalue weighted by molar-refractivity contribution is 9.10. The summed E-state index contributed by atoms with van der Waals surface area (Å²) in [5.41, 5.74) is 1.57. The number of carbonyl (C=O) groups is 1. The van der Waals surface area contributed by atoms with Crippen molar-refractivity contribution in [3.63, 3.8) is 0 Å². The number of fused-ring (bicyclic) bond motifs is 1. The molecule has 1 aliphatic rings. The van der Waals surface area contributed by atoms with Gasteiger partial charge in [-0.1, -0.05) is 22.0 Å². The lowest BCUT2D eigenvalue weighted by Gasteiger charge is -2.19. The SMILES string of the molecule is COc1ccc(/C=C2\COc3ccc(Br)cc3C2=O)cc1F. The summed E-state index contributed by atoms with van der Waals surface area (Å²) in [5, 5.41) is 0. The van der Waals surface area contributed by atoms with Gasteiger partial charge in [0, 0.05) is 10.0 Å². The molecule has 0 saturated heterocycles. The van der Waals surface area contributed by atoms with Crippen LogP contribution in [0.3, 0.4) is 0 Å². The molecule has 0 atom stereocenters. The van der Waals surface area contributed by atoms with Gasteiger partial charge in [0.25, 0.3) is 0 Å². The lowest BCUT2D eigenvalue weighted by Crippen LogP contribution is -2.19. The largest absolute Gasteiger partial charge is 0.494 e. The quantitative estimate of drug-likeness (QED) is 0.749. The van der Waals surface area contributed by atoms with Crippen molar-refractivity contribution in [3.05, 3.63) is 63.4 Å². The van der Waals surface area contributed by atoms with Crippen LogP contribution in [0.1, 0.15) is 15.9 Å². The number of carbonyl (C=O) groups excluding carboxylic acids is 1. The third kappa shape index (κ3) is 2.76. The van der Waals surface area contributed by atoms with Crippen LogP contribution in [0.25, 0.3) is 6.08 Å². The Bertz CT molecular complexity index is 783. The molecular formula is C17H12BrFO3. The molecule has 2 aromatic rings. The van der Waals surface area contributed by atoms with E-state index in [1.165, 1.54) is 19.2 Å². The van der Waals surface area contributed by atoms with E-state index in [0.717, 1.165) is 4.47 Å². The standard InChI is InChI=1S/C17H12BrFO3/c1-21-16-4-2-10(7-14(16)19)6-11-9-22-15-5-3-12(18)8-13(15)17(11)20/h2-8H,9H2,1H3/b11-6+. The maximum atomic E-state index is 13.7. The molecule has 0 amide bonds. The van der Waals surface area contributed by atoms with E-state index in [2.05, 4.69) is 15.9 Å². The molecule has 0 spiro atoms. The van der Waals surface area contributed by atoms with E-state index in [4.69, 9.17) is 9.47 Å². The first-order valence-electron chi connectivity index (χ1n) is 6.59. The van der Waals surface area contributed by atoms with Gasteiger partial charge in [-0.25, -0.2) is 4.39 Å². The summed E-state index contributed by atoms with van der Waals surface area (Å²) in [6, 6.07) is 9.84. The van der Waals surface area contributed by atoms with Crippen LogP contribution in [0, 0.1) is 5.82 Å². The van der Waals surface area contributed by atoms with Gasteiger partial charge in [-0.05, 0) is 42.0 Å². The average molecular weight is 363 g/mol. The Morgan fingerprint density at radius 1 is 1.27 bits per heavy atom. The van der Waals surface area contributed by atoms with Gasteiger partial charge < -0.3 is 9.47 Å². The summed E-state index contributed by atoms with van der Waals surface area (Å²) in [7, 11) is 1.41. The molecule has 2 aromatic carbocycles. The fourth-order valence-corrected chi connectivity index (χ4v) is 2.64. The molecule has 0 saturated carbocycles. The molecule has 1 heterocycles. The summed E-state index contributed by atoms with van der Waals surface area (Å²) in [6.45, 7) is 0.168. The highest BCUT2D eigenvalue weighted by Gasteiger charge is 2.23. The number of Topliss-reactive ketones (excluding diaryl/α,β-unsaturated/α-hetero) is 1. The molecular weight excluding hydrogens is 351 g/mol. The minimum Gasteiger partial charge on any atom is -0.494 e. The zero-order valence-electron chi connectivity index (χ0n) is 11.7. The van der Waals surface area contributed by atoms with Crippen LogP contribution in [0.5, 0.6) is 11.5 Å². The fraction of sp³-hybridized carbons (Fsp3) is 0.118. The summed E-state index contributed by atoms with van der Waals surface area (Å²) < 4.78 is 25.0. The summed E-state index contributed by atoms with van der Waals surface area (Å²) >= 11 is 3.34. The number of ether oxygens (including phenoxy) is 2. The third-order valence-electron chi connectivity index (χ3n) is 3.38. The third-order valence-corrected chi connectivity index (χ3v) is 3.87. The van der Waals surface area contributed by atoms with Crippen LogP contribution in [0.2, 0.25) is 0 Å². The number of benzene rings is 2. The maximum absolute atomic E-state index is 13.7. The average Bonchev–Trinajstić information content (AvgIpc) is 2.51. The number of hydrogen-bond acceptors (Lipinski definition) is 3. The molecule has 0 aromatic heterocycles. The Hall–Kier alpha value is -2.14. The molecule has 0 aliphatic carbocycles. The molecule has 112 valence electrons. The molecule has 1 aliphatic heterocycles. The van der Waals surface area contributed by atoms with Crippen molar-refractivity contribution in [1.29, 1.82) is 0 Å². The van der Waals surface area contributed by atoms with Crippen molar-refractivity contribution < 1.29 is 18.7 Å². The van der Waals surface area contributed by atoms with Gasteiger partial charge in [-0.15, -0.1) is 0 Å². The topological polar surface area (TPSA) is 35.5 Å². The van der Waals surface area contributed by atoms with Crippen LogP contribution < -0.4 is 9.47 Å². The molecule has 0 fully saturated rings. The summed E-state index contributed by atoms with van der Waals surface area (Å²) in [4.78, 5) is 12.5. The molecule has 3 rings (SSSR count). The van der Waals surface area contributed by atoms with Crippen molar-refractivity contribution in [2.75, 3.05) is 13.7 Å². The maximum Gasteiger partial charge on any atom is 0.196 e. The first-order chi connectivity index (χ1) is 10.6. The Kier molecular flexibility index (Phi) is 3.98. The van der Waals surface area contributed by atoms with Crippen LogP contribution in [0.4, 0.5) is 4.39 Å². The smallest absolute Gasteiger partial charge is 0.196 e. The minimum absolute atomic E-state index is 0.112. The predicted octanol–water partition coefficient (Wildman–Crippen LogP) is 4.26. The first-order valence-corrected chi connectivity index (χ1v) is 7.39. The molecule has 0 unspecified atom stereocenters. The second-order valence-electron chi connectivity index (χ2n) is 4.82. The Labute approximate surface area is 135 Å². The number of rotatable bonds is 2. The van der Waals surface area contributed by atoms with Gasteiger partial charge in [-0.2, -0.15) is 0 Å². The molecule has 22 heavy (non-hydrogen) atoms. The van der Waals surface area contributed by atoms with Crippen LogP contribution in [-0.4, -0.2) is 19.5 Å². The van der Waals surface area contributed by atoms with E-state index < -0.39 is 5.82 Å². The van der Waals surface area contributed by atoms with Gasteiger partial charge in [0.15, 0.2) is 17.3 Å². The number of hydrogen-bond donors (Lipinski definition) is 0. The van der Waals surface area contributed by atoms with E-state index >= 15 is 0 Å². The minimum atomic E-state index is -0.468. The van der Waals surface area contributed by atoms with Gasteiger partial charge in [-0.3, -0.25) is 4.79 Å². The highest BCUT2D eigenvalue weighted by atomic mass is 79.9. The van der Waals surface area contributed by atoms with Crippen molar-refractivity contribution in [3.8, 4) is 11.5 Å². The van der Waals surface area contributed by atoms with Gasteiger partial charge >= 0.3 is 0 Å². The van der Waals surface area contributed by atoms with E-state index in [-0.39, 0.29) is 18.1 Å². The van der Waals surface area contributed by atoms with E-state index in [9.17, 15) is 9.18 Å². The second-order valence-corrected chi connectivity index (χ2v) is 5.74. The lowest BCUT2D eigenvalue weighted by atomic mass is 9.98.